The molecule has 2 atom stereocenters. The van der Waals surface area contributed by atoms with Gasteiger partial charge in [0.05, 0.1) is 24.5 Å². The van der Waals surface area contributed by atoms with Gasteiger partial charge in [0.2, 0.25) is 0 Å². The summed E-state index contributed by atoms with van der Waals surface area (Å²) in [6, 6.07) is 2.04. The lowest BCUT2D eigenvalue weighted by Gasteiger charge is -2.32. The minimum atomic E-state index is -0.464. The minimum Gasteiger partial charge on any atom is -0.390 e. The average molecular weight is 253 g/mol. The standard InChI is InChI=1S/C13H23N3O2/c1-4-16-11(7-10(2)14-16)8-12(17)13-9-15(3)5-6-18-13/h7,12-13,17H,4-6,8-9H2,1-3H3. The normalized spacial score (nSPS) is 23.2. The fraction of sp³-hybridized carbons (Fsp3) is 0.769. The largest absolute Gasteiger partial charge is 0.390 e. The van der Waals surface area contributed by atoms with Crippen molar-refractivity contribution in [3.8, 4) is 0 Å². The van der Waals surface area contributed by atoms with Crippen LogP contribution >= 0.6 is 0 Å². The Labute approximate surface area is 108 Å². The van der Waals surface area contributed by atoms with E-state index in [2.05, 4.69) is 24.0 Å². The summed E-state index contributed by atoms with van der Waals surface area (Å²) in [5.74, 6) is 0. The van der Waals surface area contributed by atoms with Gasteiger partial charge < -0.3 is 14.7 Å². The second-order valence-corrected chi connectivity index (χ2v) is 5.04. The highest BCUT2D eigenvalue weighted by atomic mass is 16.5. The number of ether oxygens (including phenoxy) is 1. The first kappa shape index (κ1) is 13.5. The highest BCUT2D eigenvalue weighted by Gasteiger charge is 2.26. The van der Waals surface area contributed by atoms with Crippen LogP contribution in [-0.2, 0) is 17.7 Å². The molecule has 2 heterocycles. The van der Waals surface area contributed by atoms with Crippen molar-refractivity contribution >= 4 is 0 Å². The topological polar surface area (TPSA) is 50.5 Å². The van der Waals surface area contributed by atoms with Gasteiger partial charge in [-0.2, -0.15) is 5.10 Å². The van der Waals surface area contributed by atoms with E-state index in [0.717, 1.165) is 31.0 Å². The van der Waals surface area contributed by atoms with E-state index in [-0.39, 0.29) is 6.10 Å². The van der Waals surface area contributed by atoms with Crippen molar-refractivity contribution in [2.45, 2.75) is 39.0 Å². The van der Waals surface area contributed by atoms with Gasteiger partial charge in [0, 0.05) is 31.7 Å². The highest BCUT2D eigenvalue weighted by Crippen LogP contribution is 2.13. The summed E-state index contributed by atoms with van der Waals surface area (Å²) in [5.41, 5.74) is 2.08. The fourth-order valence-corrected chi connectivity index (χ4v) is 2.43. The van der Waals surface area contributed by atoms with Crippen molar-refractivity contribution in [3.63, 3.8) is 0 Å². The maximum atomic E-state index is 10.3. The van der Waals surface area contributed by atoms with Gasteiger partial charge in [-0.25, -0.2) is 0 Å². The minimum absolute atomic E-state index is 0.0933. The molecule has 1 aromatic rings. The molecule has 1 aliphatic rings. The number of morpholine rings is 1. The predicted molar refractivity (Wildman–Crippen MR) is 69.6 cm³/mol. The summed E-state index contributed by atoms with van der Waals surface area (Å²) in [6.07, 6.45) is 0.0473. The Bertz CT molecular complexity index is 392. The number of hydrogen-bond acceptors (Lipinski definition) is 4. The second kappa shape index (κ2) is 5.82. The van der Waals surface area contributed by atoms with Crippen LogP contribution < -0.4 is 0 Å². The predicted octanol–water partition coefficient (Wildman–Crippen LogP) is 0.445. The summed E-state index contributed by atoms with van der Waals surface area (Å²) in [5, 5.41) is 14.7. The van der Waals surface area contributed by atoms with Crippen LogP contribution in [0.1, 0.15) is 18.3 Å². The van der Waals surface area contributed by atoms with Crippen LogP contribution in [0.2, 0.25) is 0 Å². The molecule has 0 amide bonds. The molecule has 0 bridgehead atoms. The van der Waals surface area contributed by atoms with E-state index in [4.69, 9.17) is 4.74 Å². The van der Waals surface area contributed by atoms with E-state index < -0.39 is 6.10 Å². The third kappa shape index (κ3) is 3.10. The van der Waals surface area contributed by atoms with Crippen LogP contribution in [0.25, 0.3) is 0 Å². The number of nitrogens with zero attached hydrogens (tertiary/aromatic N) is 3. The Morgan fingerprint density at radius 2 is 2.39 bits per heavy atom. The first-order valence-electron chi connectivity index (χ1n) is 6.61. The van der Waals surface area contributed by atoms with Crippen molar-refractivity contribution in [2.24, 2.45) is 0 Å². The van der Waals surface area contributed by atoms with Crippen molar-refractivity contribution in [1.29, 1.82) is 0 Å². The first-order valence-corrected chi connectivity index (χ1v) is 6.61. The summed E-state index contributed by atoms with van der Waals surface area (Å²) >= 11 is 0. The Balaban J connectivity index is 1.99. The number of hydrogen-bond donors (Lipinski definition) is 1. The zero-order chi connectivity index (χ0) is 13.1. The fourth-order valence-electron chi connectivity index (χ4n) is 2.43. The number of aliphatic hydroxyl groups is 1. The zero-order valence-electron chi connectivity index (χ0n) is 11.5. The van der Waals surface area contributed by atoms with E-state index in [0.29, 0.717) is 13.0 Å². The Kier molecular flexibility index (Phi) is 4.37. The van der Waals surface area contributed by atoms with Gasteiger partial charge >= 0.3 is 0 Å². The van der Waals surface area contributed by atoms with Gasteiger partial charge in [0.1, 0.15) is 0 Å². The Morgan fingerprint density at radius 3 is 3.06 bits per heavy atom. The maximum Gasteiger partial charge on any atom is 0.0964 e. The molecule has 0 saturated carbocycles. The monoisotopic (exact) mass is 253 g/mol. The summed E-state index contributed by atoms with van der Waals surface area (Å²) in [7, 11) is 2.06. The molecule has 0 spiro atoms. The SMILES string of the molecule is CCn1nc(C)cc1CC(O)C1CN(C)CCO1. The van der Waals surface area contributed by atoms with Crippen molar-refractivity contribution in [2.75, 3.05) is 26.7 Å². The lowest BCUT2D eigenvalue weighted by Crippen LogP contribution is -2.46. The van der Waals surface area contributed by atoms with Crippen LogP contribution in [0.5, 0.6) is 0 Å². The molecule has 0 aliphatic carbocycles. The number of aliphatic hydroxyl groups excluding tert-OH is 1. The highest BCUT2D eigenvalue weighted by molar-refractivity contribution is 5.10. The lowest BCUT2D eigenvalue weighted by atomic mass is 10.1. The quantitative estimate of drug-likeness (QED) is 0.846. The van der Waals surface area contributed by atoms with Gasteiger partial charge in [-0.1, -0.05) is 0 Å². The average Bonchev–Trinajstić information content (AvgIpc) is 2.69. The van der Waals surface area contributed by atoms with E-state index in [1.54, 1.807) is 0 Å². The molecule has 1 aliphatic heterocycles. The number of rotatable bonds is 4. The molecule has 18 heavy (non-hydrogen) atoms. The van der Waals surface area contributed by atoms with Gasteiger partial charge in [-0.3, -0.25) is 4.68 Å². The maximum absolute atomic E-state index is 10.3. The molecule has 5 heteroatoms. The molecule has 2 rings (SSSR count). The molecule has 2 unspecified atom stereocenters. The van der Waals surface area contributed by atoms with Crippen molar-refractivity contribution in [1.82, 2.24) is 14.7 Å². The molecular weight excluding hydrogens is 230 g/mol. The zero-order valence-corrected chi connectivity index (χ0v) is 11.5. The van der Waals surface area contributed by atoms with Gasteiger partial charge in [-0.05, 0) is 27.0 Å². The molecule has 0 radical (unpaired) electrons. The van der Waals surface area contributed by atoms with Gasteiger partial charge in [0.15, 0.2) is 0 Å². The van der Waals surface area contributed by atoms with E-state index in [1.165, 1.54) is 0 Å². The van der Waals surface area contributed by atoms with Gasteiger partial charge in [-0.15, -0.1) is 0 Å². The number of aromatic nitrogens is 2. The summed E-state index contributed by atoms with van der Waals surface area (Å²) in [4.78, 5) is 2.19. The third-order valence-electron chi connectivity index (χ3n) is 3.43. The summed E-state index contributed by atoms with van der Waals surface area (Å²) in [6.45, 7) is 7.31. The second-order valence-electron chi connectivity index (χ2n) is 5.04. The van der Waals surface area contributed by atoms with Crippen LogP contribution in [0.3, 0.4) is 0 Å². The molecule has 1 N–H and O–H groups in total. The lowest BCUT2D eigenvalue weighted by molar-refractivity contribution is -0.0827. The number of likely N-dealkylation sites (N-methyl/N-ethyl adjacent to an activating group) is 1. The van der Waals surface area contributed by atoms with Gasteiger partial charge in [0.25, 0.3) is 0 Å². The molecule has 102 valence electrons. The third-order valence-corrected chi connectivity index (χ3v) is 3.43. The molecular formula is C13H23N3O2. The Morgan fingerprint density at radius 1 is 1.61 bits per heavy atom. The van der Waals surface area contributed by atoms with Crippen LogP contribution in [0, 0.1) is 6.92 Å². The number of aryl methyl sites for hydroxylation is 2. The molecule has 5 nitrogen and oxygen atoms in total. The van der Waals surface area contributed by atoms with Crippen molar-refractivity contribution < 1.29 is 9.84 Å². The van der Waals surface area contributed by atoms with E-state index >= 15 is 0 Å². The Hall–Kier alpha value is -0.910. The van der Waals surface area contributed by atoms with Crippen molar-refractivity contribution in [3.05, 3.63) is 17.5 Å². The molecule has 1 aromatic heterocycles. The smallest absolute Gasteiger partial charge is 0.0964 e. The van der Waals surface area contributed by atoms with Crippen LogP contribution in [-0.4, -0.2) is 58.7 Å². The van der Waals surface area contributed by atoms with Crippen LogP contribution in [0.15, 0.2) is 6.07 Å². The van der Waals surface area contributed by atoms with E-state index in [9.17, 15) is 5.11 Å². The first-order chi connectivity index (χ1) is 8.60. The molecule has 1 saturated heterocycles. The molecule has 1 fully saturated rings. The van der Waals surface area contributed by atoms with Crippen LogP contribution in [0.4, 0.5) is 0 Å². The van der Waals surface area contributed by atoms with E-state index in [1.807, 2.05) is 17.7 Å². The molecule has 0 aromatic carbocycles. The summed E-state index contributed by atoms with van der Waals surface area (Å²) < 4.78 is 7.59.